The molecule has 134 valence electrons. The number of thiophene rings is 1. The summed E-state index contributed by atoms with van der Waals surface area (Å²) >= 11 is 1.75. The van der Waals surface area contributed by atoms with Crippen LogP contribution in [0.5, 0.6) is 0 Å². The average Bonchev–Trinajstić information content (AvgIpc) is 3.25. The standard InChI is InChI=1S/C20H20N4S.ClH/c21-20(22-14-4-2-1-3-5-14)13-6-7-15-17(12-13)24-16-10-11-25-18(16)8-9-19(24)23-15;/h6-12,14H,1-5H2,(H2,21,22);1H. The van der Waals surface area contributed by atoms with Gasteiger partial charge in [-0.3, -0.25) is 9.39 Å². The summed E-state index contributed by atoms with van der Waals surface area (Å²) in [6, 6.07) is 13.0. The molecule has 0 aliphatic heterocycles. The topological polar surface area (TPSA) is 55.7 Å². The molecule has 1 aromatic carbocycles. The largest absolute Gasteiger partial charge is 0.383 e. The predicted octanol–water partition coefficient (Wildman–Crippen LogP) is 5.16. The molecule has 0 atom stereocenters. The van der Waals surface area contributed by atoms with E-state index in [1.165, 1.54) is 29.5 Å². The summed E-state index contributed by atoms with van der Waals surface area (Å²) in [6.07, 6.45) is 6.19. The lowest BCUT2D eigenvalue weighted by Crippen LogP contribution is -2.19. The molecule has 0 bridgehead atoms. The summed E-state index contributed by atoms with van der Waals surface area (Å²) in [7, 11) is 0. The van der Waals surface area contributed by atoms with Crippen molar-refractivity contribution in [3.63, 3.8) is 0 Å². The zero-order valence-electron chi connectivity index (χ0n) is 14.4. The molecule has 4 aromatic rings. The Hall–Kier alpha value is -2.11. The van der Waals surface area contributed by atoms with Gasteiger partial charge in [0.1, 0.15) is 11.5 Å². The highest BCUT2D eigenvalue weighted by atomic mass is 35.5. The van der Waals surface area contributed by atoms with E-state index in [0.717, 1.165) is 35.1 Å². The average molecular weight is 385 g/mol. The lowest BCUT2D eigenvalue weighted by molar-refractivity contribution is 0.443. The predicted molar refractivity (Wildman–Crippen MR) is 113 cm³/mol. The first-order chi connectivity index (χ1) is 12.3. The van der Waals surface area contributed by atoms with Crippen LogP contribution in [-0.2, 0) is 0 Å². The number of fused-ring (bicyclic) bond motifs is 5. The number of benzene rings is 1. The fourth-order valence-corrected chi connectivity index (χ4v) is 4.64. The number of hydrogen-bond donors (Lipinski definition) is 1. The van der Waals surface area contributed by atoms with Crippen LogP contribution < -0.4 is 5.73 Å². The summed E-state index contributed by atoms with van der Waals surface area (Å²) in [5.74, 6) is 0.654. The molecule has 26 heavy (non-hydrogen) atoms. The molecule has 1 aliphatic rings. The Morgan fingerprint density at radius 1 is 1.08 bits per heavy atom. The minimum Gasteiger partial charge on any atom is -0.383 e. The van der Waals surface area contributed by atoms with E-state index in [0.29, 0.717) is 11.9 Å². The highest BCUT2D eigenvalue weighted by molar-refractivity contribution is 7.17. The third-order valence-corrected chi connectivity index (χ3v) is 6.04. The van der Waals surface area contributed by atoms with E-state index < -0.39 is 0 Å². The number of halogens is 1. The van der Waals surface area contributed by atoms with Gasteiger partial charge in [0.25, 0.3) is 0 Å². The Morgan fingerprint density at radius 3 is 2.77 bits per heavy atom. The number of nitrogens with zero attached hydrogens (tertiary/aromatic N) is 3. The van der Waals surface area contributed by atoms with Crippen molar-refractivity contribution >= 4 is 56.5 Å². The molecule has 3 aromatic heterocycles. The van der Waals surface area contributed by atoms with Crippen LogP contribution in [0.4, 0.5) is 0 Å². The molecule has 1 saturated carbocycles. The van der Waals surface area contributed by atoms with Crippen molar-refractivity contribution in [2.24, 2.45) is 10.7 Å². The van der Waals surface area contributed by atoms with Crippen LogP contribution in [-0.4, -0.2) is 21.3 Å². The number of rotatable bonds is 2. The van der Waals surface area contributed by atoms with Crippen LogP contribution in [0.3, 0.4) is 0 Å². The Morgan fingerprint density at radius 2 is 1.92 bits per heavy atom. The van der Waals surface area contributed by atoms with Gasteiger partial charge in [-0.05, 0) is 54.6 Å². The Bertz CT molecular complexity index is 1110. The van der Waals surface area contributed by atoms with Crippen molar-refractivity contribution < 1.29 is 0 Å². The van der Waals surface area contributed by atoms with E-state index in [4.69, 9.17) is 15.7 Å². The van der Waals surface area contributed by atoms with Gasteiger partial charge in [-0.25, -0.2) is 4.98 Å². The van der Waals surface area contributed by atoms with Crippen molar-refractivity contribution in [3.8, 4) is 0 Å². The smallest absolute Gasteiger partial charge is 0.138 e. The third kappa shape index (κ3) is 2.85. The van der Waals surface area contributed by atoms with Crippen molar-refractivity contribution in [1.29, 1.82) is 0 Å². The molecular weight excluding hydrogens is 364 g/mol. The highest BCUT2D eigenvalue weighted by Gasteiger charge is 2.14. The van der Waals surface area contributed by atoms with Crippen LogP contribution >= 0.6 is 23.7 Å². The second-order valence-corrected chi connectivity index (χ2v) is 7.77. The van der Waals surface area contributed by atoms with E-state index in [2.05, 4.69) is 40.1 Å². The second kappa shape index (κ2) is 6.89. The number of pyridine rings is 1. The van der Waals surface area contributed by atoms with Gasteiger partial charge in [0.05, 0.1) is 27.3 Å². The van der Waals surface area contributed by atoms with E-state index in [1.54, 1.807) is 11.3 Å². The molecule has 1 fully saturated rings. The Kier molecular flexibility index (Phi) is 4.59. The molecule has 5 rings (SSSR count). The monoisotopic (exact) mass is 384 g/mol. The van der Waals surface area contributed by atoms with Gasteiger partial charge < -0.3 is 5.73 Å². The van der Waals surface area contributed by atoms with Crippen molar-refractivity contribution in [3.05, 3.63) is 47.3 Å². The lowest BCUT2D eigenvalue weighted by atomic mass is 9.96. The van der Waals surface area contributed by atoms with E-state index >= 15 is 0 Å². The Balaban J connectivity index is 0.00000168. The van der Waals surface area contributed by atoms with Gasteiger partial charge in [-0.2, -0.15) is 0 Å². The fourth-order valence-electron chi connectivity index (χ4n) is 3.87. The molecule has 0 spiro atoms. The summed E-state index contributed by atoms with van der Waals surface area (Å²) in [6.45, 7) is 0. The molecule has 0 unspecified atom stereocenters. The van der Waals surface area contributed by atoms with Gasteiger partial charge in [-0.15, -0.1) is 23.7 Å². The zero-order chi connectivity index (χ0) is 16.8. The number of aromatic nitrogens is 2. The van der Waals surface area contributed by atoms with E-state index in [1.807, 2.05) is 6.07 Å². The fraction of sp³-hybridized carbons (Fsp3) is 0.300. The first kappa shape index (κ1) is 17.3. The van der Waals surface area contributed by atoms with Crippen LogP contribution in [0.25, 0.3) is 26.9 Å². The summed E-state index contributed by atoms with van der Waals surface area (Å²) in [5.41, 5.74) is 11.6. The molecule has 0 saturated heterocycles. The molecule has 0 amide bonds. The van der Waals surface area contributed by atoms with Crippen molar-refractivity contribution in [2.75, 3.05) is 0 Å². The van der Waals surface area contributed by atoms with Crippen LogP contribution in [0, 0.1) is 0 Å². The normalized spacial score (nSPS) is 16.4. The number of nitrogens with two attached hydrogens (primary N) is 1. The molecule has 6 heteroatoms. The minimum absolute atomic E-state index is 0. The number of imidazole rings is 1. The number of amidine groups is 1. The quantitative estimate of drug-likeness (QED) is 0.383. The molecule has 3 heterocycles. The molecule has 4 nitrogen and oxygen atoms in total. The minimum atomic E-state index is 0. The maximum Gasteiger partial charge on any atom is 0.138 e. The third-order valence-electron chi connectivity index (χ3n) is 5.17. The summed E-state index contributed by atoms with van der Waals surface area (Å²) < 4.78 is 3.49. The van der Waals surface area contributed by atoms with Gasteiger partial charge in [0, 0.05) is 5.56 Å². The molecule has 1 aliphatic carbocycles. The first-order valence-electron chi connectivity index (χ1n) is 8.92. The lowest BCUT2D eigenvalue weighted by Gasteiger charge is -2.18. The molecule has 2 N–H and O–H groups in total. The maximum absolute atomic E-state index is 6.34. The first-order valence-corrected chi connectivity index (χ1v) is 9.80. The maximum atomic E-state index is 6.34. The number of aliphatic imine (C=N–C) groups is 1. The number of hydrogen-bond acceptors (Lipinski definition) is 3. The van der Waals surface area contributed by atoms with E-state index in [9.17, 15) is 0 Å². The van der Waals surface area contributed by atoms with Crippen LogP contribution in [0.1, 0.15) is 37.7 Å². The van der Waals surface area contributed by atoms with Gasteiger partial charge in [-0.1, -0.05) is 19.3 Å². The molecule has 0 radical (unpaired) electrons. The van der Waals surface area contributed by atoms with Gasteiger partial charge in [0.2, 0.25) is 0 Å². The molecular formula is C20H21ClN4S. The van der Waals surface area contributed by atoms with E-state index in [-0.39, 0.29) is 12.4 Å². The zero-order valence-corrected chi connectivity index (χ0v) is 16.0. The summed E-state index contributed by atoms with van der Waals surface area (Å²) in [4.78, 5) is 9.54. The van der Waals surface area contributed by atoms with Crippen LogP contribution in [0.2, 0.25) is 0 Å². The Labute approximate surface area is 162 Å². The van der Waals surface area contributed by atoms with Gasteiger partial charge in [0.15, 0.2) is 0 Å². The summed E-state index contributed by atoms with van der Waals surface area (Å²) in [5, 5.41) is 2.12. The second-order valence-electron chi connectivity index (χ2n) is 6.82. The van der Waals surface area contributed by atoms with Crippen molar-refractivity contribution in [2.45, 2.75) is 38.1 Å². The van der Waals surface area contributed by atoms with Crippen molar-refractivity contribution in [1.82, 2.24) is 9.38 Å². The SMILES string of the molecule is Cl.NC(=NC1CCCCC1)c1ccc2nc3ccc4sccc4n3c2c1. The highest BCUT2D eigenvalue weighted by Crippen LogP contribution is 2.27. The van der Waals surface area contributed by atoms with Crippen LogP contribution in [0.15, 0.2) is 46.8 Å². The van der Waals surface area contributed by atoms with Gasteiger partial charge >= 0.3 is 0 Å².